The number of carbonyl (C=O) groups excluding carboxylic acids is 1. The Morgan fingerprint density at radius 1 is 1.19 bits per heavy atom. The number of para-hydroxylation sites is 1. The third kappa shape index (κ3) is 4.21. The number of hydrogen-bond acceptors (Lipinski definition) is 6. The van der Waals surface area contributed by atoms with Crippen LogP contribution in [0.15, 0.2) is 48.5 Å². The van der Waals surface area contributed by atoms with E-state index in [4.69, 9.17) is 19.2 Å². The lowest BCUT2D eigenvalue weighted by Crippen LogP contribution is -2.34. The average molecular weight is 419 g/mol. The van der Waals surface area contributed by atoms with Crippen LogP contribution in [-0.4, -0.2) is 37.4 Å². The van der Waals surface area contributed by atoms with Crippen molar-refractivity contribution in [2.75, 3.05) is 36.7 Å². The van der Waals surface area contributed by atoms with Crippen LogP contribution < -0.4 is 24.4 Å². The van der Waals surface area contributed by atoms with Gasteiger partial charge in [0.25, 0.3) is 5.91 Å². The topological polar surface area (TPSA) is 72.9 Å². The van der Waals surface area contributed by atoms with Crippen LogP contribution in [0.4, 0.5) is 11.5 Å². The van der Waals surface area contributed by atoms with Crippen molar-refractivity contribution in [3.63, 3.8) is 0 Å². The minimum absolute atomic E-state index is 0.111. The minimum Gasteiger partial charge on any atom is -0.481 e. The zero-order valence-electron chi connectivity index (χ0n) is 17.5. The molecule has 7 heteroatoms. The molecule has 3 aromatic rings. The molecule has 0 aliphatic carbocycles. The predicted octanol–water partition coefficient (Wildman–Crippen LogP) is 4.22. The molecule has 160 valence electrons. The van der Waals surface area contributed by atoms with Crippen LogP contribution >= 0.6 is 0 Å². The summed E-state index contributed by atoms with van der Waals surface area (Å²) in [5.41, 5.74) is 1.41. The zero-order valence-corrected chi connectivity index (χ0v) is 17.5. The van der Waals surface area contributed by atoms with Gasteiger partial charge in [-0.3, -0.25) is 4.79 Å². The van der Waals surface area contributed by atoms with E-state index >= 15 is 0 Å². The number of anilines is 2. The molecule has 2 aromatic carbocycles. The van der Waals surface area contributed by atoms with Gasteiger partial charge < -0.3 is 24.4 Å². The Kier molecular flexibility index (Phi) is 5.24. The fraction of sp³-hybridized carbons (Fsp3) is 0.333. The lowest BCUT2D eigenvalue weighted by Gasteiger charge is -2.32. The predicted molar refractivity (Wildman–Crippen MR) is 119 cm³/mol. The summed E-state index contributed by atoms with van der Waals surface area (Å²) in [4.78, 5) is 19.6. The highest BCUT2D eigenvalue weighted by Gasteiger charge is 2.19. The van der Waals surface area contributed by atoms with Crippen LogP contribution in [0.25, 0.3) is 10.9 Å². The Hall–Kier alpha value is -3.48. The van der Waals surface area contributed by atoms with Gasteiger partial charge >= 0.3 is 0 Å². The Morgan fingerprint density at radius 2 is 2.10 bits per heavy atom. The SMILES string of the molecule is C[C@@H]1CCCN(c2ccc3cccc(OCC(=O)Nc4ccc5c(c4)OCO5)c3n2)C1. The van der Waals surface area contributed by atoms with Crippen molar-refractivity contribution in [2.24, 2.45) is 5.92 Å². The van der Waals surface area contributed by atoms with E-state index in [1.807, 2.05) is 18.2 Å². The van der Waals surface area contributed by atoms with E-state index in [9.17, 15) is 4.79 Å². The molecule has 1 atom stereocenters. The third-order valence-electron chi connectivity index (χ3n) is 5.66. The van der Waals surface area contributed by atoms with Crippen LogP contribution in [0.5, 0.6) is 17.2 Å². The van der Waals surface area contributed by atoms with Crippen molar-refractivity contribution in [3.05, 3.63) is 48.5 Å². The molecule has 3 heterocycles. The highest BCUT2D eigenvalue weighted by atomic mass is 16.7. The maximum Gasteiger partial charge on any atom is 0.262 e. The fourth-order valence-corrected chi connectivity index (χ4v) is 4.11. The number of nitrogens with zero attached hydrogens (tertiary/aromatic N) is 2. The van der Waals surface area contributed by atoms with Gasteiger partial charge in [0.2, 0.25) is 6.79 Å². The molecule has 1 amide bonds. The van der Waals surface area contributed by atoms with Gasteiger partial charge in [-0.25, -0.2) is 4.98 Å². The second kappa shape index (κ2) is 8.34. The maximum atomic E-state index is 12.4. The number of rotatable bonds is 5. The summed E-state index contributed by atoms with van der Waals surface area (Å²) in [6.07, 6.45) is 2.44. The number of fused-ring (bicyclic) bond motifs is 2. The molecule has 0 unspecified atom stereocenters. The molecule has 0 bridgehead atoms. The first-order chi connectivity index (χ1) is 15.2. The van der Waals surface area contributed by atoms with Gasteiger partial charge in [0.05, 0.1) is 0 Å². The maximum absolute atomic E-state index is 12.4. The summed E-state index contributed by atoms with van der Waals surface area (Å²) in [5.74, 6) is 3.27. The first kappa shape index (κ1) is 19.5. The van der Waals surface area contributed by atoms with E-state index < -0.39 is 0 Å². The van der Waals surface area contributed by atoms with E-state index in [-0.39, 0.29) is 19.3 Å². The largest absolute Gasteiger partial charge is 0.481 e. The number of amides is 1. The number of carbonyl (C=O) groups is 1. The molecule has 0 radical (unpaired) electrons. The quantitative estimate of drug-likeness (QED) is 0.668. The van der Waals surface area contributed by atoms with Crippen LogP contribution in [0.2, 0.25) is 0 Å². The molecule has 5 rings (SSSR count). The highest BCUT2D eigenvalue weighted by Crippen LogP contribution is 2.34. The number of aromatic nitrogens is 1. The first-order valence-electron chi connectivity index (χ1n) is 10.6. The lowest BCUT2D eigenvalue weighted by molar-refractivity contribution is -0.118. The summed E-state index contributed by atoms with van der Waals surface area (Å²) in [5, 5.41) is 3.82. The average Bonchev–Trinajstić information content (AvgIpc) is 3.25. The smallest absolute Gasteiger partial charge is 0.262 e. The van der Waals surface area contributed by atoms with E-state index in [0.717, 1.165) is 29.8 Å². The molecule has 2 aliphatic heterocycles. The van der Waals surface area contributed by atoms with Crippen molar-refractivity contribution < 1.29 is 19.0 Å². The van der Waals surface area contributed by atoms with Crippen LogP contribution in [0.1, 0.15) is 19.8 Å². The van der Waals surface area contributed by atoms with Gasteiger partial charge in [-0.1, -0.05) is 19.1 Å². The molecule has 1 fully saturated rings. The van der Waals surface area contributed by atoms with Gasteiger partial charge in [0.15, 0.2) is 18.1 Å². The molecular weight excluding hydrogens is 394 g/mol. The van der Waals surface area contributed by atoms with E-state index in [1.165, 1.54) is 12.8 Å². The third-order valence-corrected chi connectivity index (χ3v) is 5.66. The number of pyridine rings is 1. The number of nitrogens with one attached hydrogen (secondary N) is 1. The molecular formula is C24H25N3O4. The van der Waals surface area contributed by atoms with Crippen LogP contribution in [-0.2, 0) is 4.79 Å². The summed E-state index contributed by atoms with van der Waals surface area (Å²) in [7, 11) is 0. The summed E-state index contributed by atoms with van der Waals surface area (Å²) >= 11 is 0. The van der Waals surface area contributed by atoms with Crippen molar-refractivity contribution in [1.82, 2.24) is 4.98 Å². The van der Waals surface area contributed by atoms with Crippen molar-refractivity contribution >= 4 is 28.3 Å². The Bertz CT molecular complexity index is 1120. The lowest BCUT2D eigenvalue weighted by atomic mass is 10.0. The molecule has 7 nitrogen and oxygen atoms in total. The molecule has 0 spiro atoms. The minimum atomic E-state index is -0.253. The zero-order chi connectivity index (χ0) is 21.2. The standard InChI is InChI=1S/C24H25N3O4/c1-16-4-3-11-27(13-16)22-10-7-17-5-2-6-20(24(17)26-22)29-14-23(28)25-18-8-9-19-21(12-18)31-15-30-19/h2,5-10,12,16H,3-4,11,13-15H2,1H3,(H,25,28)/t16-/m1/s1. The van der Waals surface area contributed by atoms with Crippen molar-refractivity contribution in [3.8, 4) is 17.2 Å². The first-order valence-corrected chi connectivity index (χ1v) is 10.6. The second-order valence-electron chi connectivity index (χ2n) is 8.10. The van der Waals surface area contributed by atoms with Gasteiger partial charge in [-0.2, -0.15) is 0 Å². The molecule has 1 saturated heterocycles. The molecule has 1 aromatic heterocycles. The monoisotopic (exact) mass is 419 g/mol. The van der Waals surface area contributed by atoms with Crippen molar-refractivity contribution in [1.29, 1.82) is 0 Å². The van der Waals surface area contributed by atoms with Gasteiger partial charge in [0.1, 0.15) is 17.1 Å². The second-order valence-corrected chi connectivity index (χ2v) is 8.10. The molecule has 1 N–H and O–H groups in total. The summed E-state index contributed by atoms with van der Waals surface area (Å²) in [6.45, 7) is 4.40. The normalized spacial score (nSPS) is 17.6. The molecule has 0 saturated carbocycles. The number of piperidine rings is 1. The fourth-order valence-electron chi connectivity index (χ4n) is 4.11. The number of benzene rings is 2. The van der Waals surface area contributed by atoms with Gasteiger partial charge in [-0.15, -0.1) is 0 Å². The van der Waals surface area contributed by atoms with Crippen LogP contribution in [0.3, 0.4) is 0 Å². The van der Waals surface area contributed by atoms with E-state index in [1.54, 1.807) is 18.2 Å². The Balaban J connectivity index is 1.29. The number of ether oxygens (including phenoxy) is 3. The Morgan fingerprint density at radius 3 is 3.00 bits per heavy atom. The summed E-state index contributed by atoms with van der Waals surface area (Å²) < 4.78 is 16.5. The van der Waals surface area contributed by atoms with E-state index in [0.29, 0.717) is 28.9 Å². The summed E-state index contributed by atoms with van der Waals surface area (Å²) in [6, 6.07) is 15.2. The van der Waals surface area contributed by atoms with Gasteiger partial charge in [-0.05, 0) is 49.1 Å². The number of hydrogen-bond donors (Lipinski definition) is 1. The van der Waals surface area contributed by atoms with E-state index in [2.05, 4.69) is 29.3 Å². The van der Waals surface area contributed by atoms with Gasteiger partial charge in [0, 0.05) is 30.2 Å². The van der Waals surface area contributed by atoms with Crippen LogP contribution in [0, 0.1) is 5.92 Å². The molecule has 31 heavy (non-hydrogen) atoms. The highest BCUT2D eigenvalue weighted by molar-refractivity contribution is 5.93. The Labute approximate surface area is 180 Å². The molecule has 2 aliphatic rings. The van der Waals surface area contributed by atoms with Crippen molar-refractivity contribution in [2.45, 2.75) is 19.8 Å².